The number of carbonyl (C=O) groups excluding carboxylic acids is 1. The van der Waals surface area contributed by atoms with Crippen LogP contribution >= 0.6 is 11.6 Å². The van der Waals surface area contributed by atoms with Gasteiger partial charge in [-0.15, -0.1) is 0 Å². The molecule has 31 heavy (non-hydrogen) atoms. The molecule has 1 aliphatic heterocycles. The van der Waals surface area contributed by atoms with Crippen LogP contribution in [0.1, 0.15) is 16.1 Å². The number of rotatable bonds is 3. The molecule has 1 amide bonds. The Morgan fingerprint density at radius 2 is 1.90 bits per heavy atom. The molecule has 0 saturated carbocycles. The lowest BCUT2D eigenvalue weighted by molar-refractivity contribution is -0.192. The monoisotopic (exact) mass is 462 g/mol. The van der Waals surface area contributed by atoms with E-state index in [0.29, 0.717) is 37.8 Å². The smallest absolute Gasteiger partial charge is 0.475 e. The molecule has 1 aliphatic rings. The van der Waals surface area contributed by atoms with E-state index in [1.165, 1.54) is 0 Å². The lowest BCUT2D eigenvalue weighted by Crippen LogP contribution is -2.37. The predicted octanol–water partition coefficient (Wildman–Crippen LogP) is 2.14. The number of hydrogen-bond acceptors (Lipinski definition) is 8. The molecule has 0 spiro atoms. The number of nitrogens with zero attached hydrogens (tertiary/aromatic N) is 4. The molecule has 10 nitrogen and oxygen atoms in total. The topological polar surface area (TPSA) is 144 Å². The summed E-state index contributed by atoms with van der Waals surface area (Å²) >= 11 is 6.21. The molecule has 0 atom stereocenters. The molecule has 168 valence electrons. The van der Waals surface area contributed by atoms with E-state index in [0.717, 1.165) is 5.56 Å². The normalized spacial score (nSPS) is 13.8. The minimum absolute atomic E-state index is 0.0136. The molecule has 1 saturated heterocycles. The number of aromatic nitrogens is 3. The van der Waals surface area contributed by atoms with Crippen LogP contribution in [0.5, 0.6) is 0 Å². The van der Waals surface area contributed by atoms with Crippen molar-refractivity contribution in [1.29, 1.82) is 0 Å². The Morgan fingerprint density at radius 3 is 2.45 bits per heavy atom. The fourth-order valence-corrected chi connectivity index (χ4v) is 2.58. The third kappa shape index (κ3) is 6.65. The van der Waals surface area contributed by atoms with Crippen LogP contribution in [0.3, 0.4) is 0 Å². The molecular weight excluding hydrogens is 445 g/mol. The molecule has 4 N–H and O–H groups in total. The molecular formula is C17H18ClF3N6O4. The highest BCUT2D eigenvalue weighted by Crippen LogP contribution is 2.25. The molecule has 2 aromatic rings. The zero-order valence-corrected chi connectivity index (χ0v) is 16.9. The Hall–Kier alpha value is -3.19. The Kier molecular flexibility index (Phi) is 7.94. The minimum Gasteiger partial charge on any atom is -0.475 e. The van der Waals surface area contributed by atoms with Crippen LogP contribution in [0.25, 0.3) is 0 Å². The maximum atomic E-state index is 12.4. The quantitative estimate of drug-likeness (QED) is 0.624. The SMILES string of the molecule is Cc1ccncc1NC(=O)c1nc(Cl)c(N2CCOCC2)nc1N.O=C(O)C(F)(F)F. The van der Waals surface area contributed by atoms with Crippen molar-refractivity contribution in [2.24, 2.45) is 0 Å². The van der Waals surface area contributed by atoms with Gasteiger partial charge in [0.05, 0.1) is 25.1 Å². The van der Waals surface area contributed by atoms with Gasteiger partial charge in [-0.3, -0.25) is 9.78 Å². The number of nitrogens with one attached hydrogen (secondary N) is 1. The van der Waals surface area contributed by atoms with Crippen LogP contribution in [0.2, 0.25) is 5.15 Å². The van der Waals surface area contributed by atoms with Crippen molar-refractivity contribution in [3.63, 3.8) is 0 Å². The summed E-state index contributed by atoms with van der Waals surface area (Å²) < 4.78 is 37.0. The Bertz CT molecular complexity index is 954. The standard InChI is InChI=1S/C15H17ClN6O2.C2HF3O2/c1-9-2-3-18-8-10(9)19-15(23)11-13(17)21-14(12(16)20-11)22-4-6-24-7-5-22;3-2(4,5)1(6)7/h2-3,8H,4-7H2,1H3,(H2,17,21)(H,19,23);(H,6,7). The highest BCUT2D eigenvalue weighted by atomic mass is 35.5. The molecule has 3 heterocycles. The van der Waals surface area contributed by atoms with Gasteiger partial charge >= 0.3 is 12.1 Å². The molecule has 0 aliphatic carbocycles. The van der Waals surface area contributed by atoms with Crippen LogP contribution in [0.15, 0.2) is 18.5 Å². The first kappa shape index (κ1) is 24.1. The minimum atomic E-state index is -5.08. The van der Waals surface area contributed by atoms with Gasteiger partial charge in [-0.1, -0.05) is 11.6 Å². The highest BCUT2D eigenvalue weighted by molar-refractivity contribution is 6.32. The van der Waals surface area contributed by atoms with E-state index >= 15 is 0 Å². The first-order chi connectivity index (χ1) is 14.5. The average Bonchev–Trinajstić information content (AvgIpc) is 2.71. The number of anilines is 3. The van der Waals surface area contributed by atoms with Crippen LogP contribution in [-0.2, 0) is 9.53 Å². The second-order valence-corrected chi connectivity index (χ2v) is 6.48. The Morgan fingerprint density at radius 1 is 1.29 bits per heavy atom. The van der Waals surface area contributed by atoms with Crippen LogP contribution in [-0.4, -0.2) is 64.4 Å². The third-order valence-corrected chi connectivity index (χ3v) is 4.17. The summed E-state index contributed by atoms with van der Waals surface area (Å²) in [6.07, 6.45) is -1.88. The number of carboxylic acids is 1. The van der Waals surface area contributed by atoms with E-state index in [-0.39, 0.29) is 16.7 Å². The van der Waals surface area contributed by atoms with Crippen molar-refractivity contribution in [2.45, 2.75) is 13.1 Å². The summed E-state index contributed by atoms with van der Waals surface area (Å²) in [5, 5.41) is 9.98. The summed E-state index contributed by atoms with van der Waals surface area (Å²) in [4.78, 5) is 35.6. The van der Waals surface area contributed by atoms with Crippen molar-refractivity contribution in [3.8, 4) is 0 Å². The number of aliphatic carboxylic acids is 1. The number of pyridine rings is 1. The number of carbonyl (C=O) groups is 2. The molecule has 1 fully saturated rings. The summed E-state index contributed by atoms with van der Waals surface area (Å²) in [6.45, 7) is 4.32. The Labute approximate surface area is 179 Å². The van der Waals surface area contributed by atoms with Crippen molar-refractivity contribution in [3.05, 3.63) is 34.9 Å². The number of carboxylic acid groups (broad SMARTS) is 1. The van der Waals surface area contributed by atoms with E-state index in [4.69, 9.17) is 32.0 Å². The molecule has 2 aromatic heterocycles. The molecule has 0 aromatic carbocycles. The fourth-order valence-electron chi connectivity index (χ4n) is 2.34. The highest BCUT2D eigenvalue weighted by Gasteiger charge is 2.38. The molecule has 0 unspecified atom stereocenters. The van der Waals surface area contributed by atoms with Crippen molar-refractivity contribution in [2.75, 3.05) is 42.3 Å². The van der Waals surface area contributed by atoms with Gasteiger partial charge in [0.2, 0.25) is 0 Å². The zero-order valence-electron chi connectivity index (χ0n) is 16.1. The van der Waals surface area contributed by atoms with Crippen LogP contribution < -0.4 is 16.0 Å². The zero-order chi connectivity index (χ0) is 23.2. The van der Waals surface area contributed by atoms with Gasteiger partial charge in [0.1, 0.15) is 0 Å². The first-order valence-electron chi connectivity index (χ1n) is 8.68. The number of aryl methyl sites for hydroxylation is 1. The molecule has 0 bridgehead atoms. The lowest BCUT2D eigenvalue weighted by atomic mass is 10.2. The summed E-state index contributed by atoms with van der Waals surface area (Å²) in [5.41, 5.74) is 7.37. The second kappa shape index (κ2) is 10.2. The van der Waals surface area contributed by atoms with Gasteiger partial charge in [0.15, 0.2) is 22.5 Å². The van der Waals surface area contributed by atoms with Crippen molar-refractivity contribution < 1.29 is 32.6 Å². The van der Waals surface area contributed by atoms with Crippen LogP contribution in [0, 0.1) is 6.92 Å². The second-order valence-electron chi connectivity index (χ2n) is 6.12. The maximum absolute atomic E-state index is 12.4. The number of hydrogen-bond donors (Lipinski definition) is 3. The number of ether oxygens (including phenoxy) is 1. The molecule has 3 rings (SSSR count). The van der Waals surface area contributed by atoms with Gasteiger partial charge in [-0.25, -0.2) is 14.8 Å². The van der Waals surface area contributed by atoms with E-state index in [1.807, 2.05) is 11.8 Å². The van der Waals surface area contributed by atoms with E-state index in [9.17, 15) is 18.0 Å². The van der Waals surface area contributed by atoms with Gasteiger partial charge < -0.3 is 25.8 Å². The number of alkyl halides is 3. The molecule has 14 heteroatoms. The number of amides is 1. The third-order valence-electron chi connectivity index (χ3n) is 3.92. The Balaban J connectivity index is 0.000000423. The van der Waals surface area contributed by atoms with E-state index in [1.54, 1.807) is 18.5 Å². The fraction of sp³-hybridized carbons (Fsp3) is 0.353. The lowest BCUT2D eigenvalue weighted by Gasteiger charge is -2.28. The van der Waals surface area contributed by atoms with Crippen molar-refractivity contribution in [1.82, 2.24) is 15.0 Å². The predicted molar refractivity (Wildman–Crippen MR) is 105 cm³/mol. The summed E-state index contributed by atoms with van der Waals surface area (Å²) in [7, 11) is 0. The largest absolute Gasteiger partial charge is 0.490 e. The van der Waals surface area contributed by atoms with Gasteiger partial charge in [0, 0.05) is 19.3 Å². The number of halogens is 4. The van der Waals surface area contributed by atoms with Gasteiger partial charge in [-0.2, -0.15) is 13.2 Å². The van der Waals surface area contributed by atoms with Gasteiger partial charge in [-0.05, 0) is 18.6 Å². The maximum Gasteiger partial charge on any atom is 0.490 e. The van der Waals surface area contributed by atoms with E-state index < -0.39 is 18.1 Å². The summed E-state index contributed by atoms with van der Waals surface area (Å²) in [5.74, 6) is -2.74. The van der Waals surface area contributed by atoms with Crippen molar-refractivity contribution >= 4 is 40.8 Å². The van der Waals surface area contributed by atoms with Crippen LogP contribution in [0.4, 0.5) is 30.5 Å². The van der Waals surface area contributed by atoms with Gasteiger partial charge in [0.25, 0.3) is 5.91 Å². The number of morpholine rings is 1. The number of nitrogens with two attached hydrogens (primary N) is 1. The average molecular weight is 463 g/mol. The first-order valence-corrected chi connectivity index (χ1v) is 9.06. The number of nitrogen functional groups attached to an aromatic ring is 1. The van der Waals surface area contributed by atoms with E-state index in [2.05, 4.69) is 20.3 Å². The molecule has 0 radical (unpaired) electrons. The summed E-state index contributed by atoms with van der Waals surface area (Å²) in [6, 6.07) is 1.79.